The van der Waals surface area contributed by atoms with Crippen molar-refractivity contribution in [2.75, 3.05) is 11.9 Å². The minimum Gasteiger partial charge on any atom is -0.494 e. The van der Waals surface area contributed by atoms with Crippen LogP contribution in [0.4, 0.5) is 5.69 Å². The largest absolute Gasteiger partial charge is 0.494 e. The predicted octanol–water partition coefficient (Wildman–Crippen LogP) is 5.78. The molecule has 0 saturated heterocycles. The number of hydrogen-bond donors (Lipinski definition) is 1. The van der Waals surface area contributed by atoms with Crippen LogP contribution in [-0.4, -0.2) is 6.61 Å². The zero-order chi connectivity index (χ0) is 14.5. The third-order valence-corrected chi connectivity index (χ3v) is 4.14. The molecule has 20 heavy (non-hydrogen) atoms. The molecule has 2 nitrogen and oxygen atoms in total. The zero-order valence-electron chi connectivity index (χ0n) is 11.5. The van der Waals surface area contributed by atoms with Crippen LogP contribution in [0.5, 0.6) is 5.75 Å². The van der Waals surface area contributed by atoms with Crippen LogP contribution in [0.1, 0.15) is 25.5 Å². The third-order valence-electron chi connectivity index (χ3n) is 2.96. The van der Waals surface area contributed by atoms with Crippen molar-refractivity contribution in [3.05, 3.63) is 57.0 Å². The molecule has 2 rings (SSSR count). The average molecular weight is 399 g/mol. The van der Waals surface area contributed by atoms with E-state index in [4.69, 9.17) is 4.74 Å². The van der Waals surface area contributed by atoms with Crippen LogP contribution in [-0.2, 0) is 0 Å². The number of ether oxygens (including phenoxy) is 1. The summed E-state index contributed by atoms with van der Waals surface area (Å²) in [6.45, 7) is 4.81. The lowest BCUT2D eigenvalue weighted by Gasteiger charge is -2.18. The van der Waals surface area contributed by atoms with Crippen LogP contribution in [0.25, 0.3) is 0 Å². The van der Waals surface area contributed by atoms with Gasteiger partial charge in [-0.3, -0.25) is 0 Å². The highest BCUT2D eigenvalue weighted by atomic mass is 79.9. The van der Waals surface area contributed by atoms with Crippen LogP contribution in [0.2, 0.25) is 0 Å². The first-order chi connectivity index (χ1) is 9.60. The second-order valence-corrected chi connectivity index (χ2v) is 6.26. The van der Waals surface area contributed by atoms with Gasteiger partial charge >= 0.3 is 0 Å². The van der Waals surface area contributed by atoms with Gasteiger partial charge in [-0.15, -0.1) is 0 Å². The Hall–Kier alpha value is -1.000. The molecule has 0 aromatic heterocycles. The quantitative estimate of drug-likeness (QED) is 0.688. The van der Waals surface area contributed by atoms with Gasteiger partial charge in [0, 0.05) is 26.7 Å². The number of nitrogens with one attached hydrogen (secondary N) is 1. The lowest BCUT2D eigenvalue weighted by atomic mass is 10.1. The number of anilines is 1. The van der Waals surface area contributed by atoms with E-state index in [0.29, 0.717) is 6.61 Å². The van der Waals surface area contributed by atoms with Gasteiger partial charge in [-0.25, -0.2) is 0 Å². The Labute approximate surface area is 136 Å². The Morgan fingerprint density at radius 2 is 1.95 bits per heavy atom. The number of hydrogen-bond acceptors (Lipinski definition) is 2. The Morgan fingerprint density at radius 1 is 1.15 bits per heavy atom. The molecular formula is C16H17Br2NO. The van der Waals surface area contributed by atoms with E-state index in [2.05, 4.69) is 62.3 Å². The van der Waals surface area contributed by atoms with Crippen molar-refractivity contribution in [1.82, 2.24) is 0 Å². The normalized spacial score (nSPS) is 12.0. The topological polar surface area (TPSA) is 21.3 Å². The molecule has 0 heterocycles. The molecule has 0 aliphatic rings. The highest BCUT2D eigenvalue weighted by Crippen LogP contribution is 2.29. The second kappa shape index (κ2) is 7.14. The van der Waals surface area contributed by atoms with Gasteiger partial charge in [0.05, 0.1) is 6.61 Å². The predicted molar refractivity (Wildman–Crippen MR) is 91.5 cm³/mol. The molecule has 0 bridgehead atoms. The summed E-state index contributed by atoms with van der Waals surface area (Å²) in [6.07, 6.45) is 0. The van der Waals surface area contributed by atoms with Crippen molar-refractivity contribution >= 4 is 37.5 Å². The number of rotatable bonds is 5. The van der Waals surface area contributed by atoms with Gasteiger partial charge in [-0.1, -0.05) is 44.0 Å². The summed E-state index contributed by atoms with van der Waals surface area (Å²) in [5, 5.41) is 3.49. The molecule has 1 N–H and O–H groups in total. The molecule has 2 aromatic carbocycles. The van der Waals surface area contributed by atoms with Gasteiger partial charge in [0.2, 0.25) is 0 Å². The molecule has 106 valence electrons. The molecule has 0 aliphatic carbocycles. The summed E-state index contributed by atoms with van der Waals surface area (Å²) in [7, 11) is 0. The van der Waals surface area contributed by atoms with Gasteiger partial charge in [-0.2, -0.15) is 0 Å². The van der Waals surface area contributed by atoms with Crippen LogP contribution < -0.4 is 10.1 Å². The van der Waals surface area contributed by atoms with E-state index in [1.165, 1.54) is 5.56 Å². The first kappa shape index (κ1) is 15.4. The van der Waals surface area contributed by atoms with E-state index >= 15 is 0 Å². The van der Waals surface area contributed by atoms with Crippen molar-refractivity contribution in [3.63, 3.8) is 0 Å². The van der Waals surface area contributed by atoms with Gasteiger partial charge in [-0.05, 0) is 43.7 Å². The maximum absolute atomic E-state index is 5.52. The van der Waals surface area contributed by atoms with E-state index in [1.54, 1.807) is 0 Å². The Kier molecular flexibility index (Phi) is 5.49. The number of halogens is 2. The Balaban J connectivity index is 2.14. The molecule has 0 saturated carbocycles. The van der Waals surface area contributed by atoms with Gasteiger partial charge in [0.15, 0.2) is 0 Å². The highest BCUT2D eigenvalue weighted by molar-refractivity contribution is 9.11. The van der Waals surface area contributed by atoms with Crippen molar-refractivity contribution in [2.24, 2.45) is 0 Å². The summed E-state index contributed by atoms with van der Waals surface area (Å²) in [4.78, 5) is 0. The summed E-state index contributed by atoms with van der Waals surface area (Å²) in [5.74, 6) is 0.888. The van der Waals surface area contributed by atoms with Crippen molar-refractivity contribution < 1.29 is 4.74 Å². The molecule has 2 aromatic rings. The standard InChI is InChI=1S/C16H17Br2NO/c1-3-20-14-6-4-5-13(10-14)19-11(2)15-8-7-12(17)9-16(15)18/h4-11,19H,3H2,1-2H3. The summed E-state index contributed by atoms with van der Waals surface area (Å²) in [5.41, 5.74) is 2.27. The molecule has 1 unspecified atom stereocenters. The van der Waals surface area contributed by atoms with E-state index in [0.717, 1.165) is 20.4 Å². The van der Waals surface area contributed by atoms with E-state index in [9.17, 15) is 0 Å². The van der Waals surface area contributed by atoms with Gasteiger partial charge in [0.1, 0.15) is 5.75 Å². The molecule has 0 fully saturated rings. The van der Waals surface area contributed by atoms with Crippen LogP contribution in [0, 0.1) is 0 Å². The lowest BCUT2D eigenvalue weighted by molar-refractivity contribution is 0.340. The summed E-state index contributed by atoms with van der Waals surface area (Å²) < 4.78 is 7.68. The lowest BCUT2D eigenvalue weighted by Crippen LogP contribution is -2.07. The minimum absolute atomic E-state index is 0.203. The summed E-state index contributed by atoms with van der Waals surface area (Å²) in [6, 6.07) is 14.5. The van der Waals surface area contributed by atoms with Crippen LogP contribution in [0.3, 0.4) is 0 Å². The van der Waals surface area contributed by atoms with Gasteiger partial charge < -0.3 is 10.1 Å². The molecule has 0 amide bonds. The van der Waals surface area contributed by atoms with E-state index in [-0.39, 0.29) is 6.04 Å². The fourth-order valence-corrected chi connectivity index (χ4v) is 3.41. The van der Waals surface area contributed by atoms with E-state index in [1.807, 2.05) is 31.2 Å². The first-order valence-electron chi connectivity index (χ1n) is 6.54. The molecular weight excluding hydrogens is 382 g/mol. The fraction of sp³-hybridized carbons (Fsp3) is 0.250. The fourth-order valence-electron chi connectivity index (χ4n) is 2.02. The first-order valence-corrected chi connectivity index (χ1v) is 8.13. The van der Waals surface area contributed by atoms with Crippen molar-refractivity contribution in [3.8, 4) is 5.75 Å². The molecule has 4 heteroatoms. The number of benzene rings is 2. The average Bonchev–Trinajstić information content (AvgIpc) is 2.39. The molecule has 0 aliphatic heterocycles. The monoisotopic (exact) mass is 397 g/mol. The maximum atomic E-state index is 5.52. The molecule has 0 spiro atoms. The van der Waals surface area contributed by atoms with Crippen LogP contribution >= 0.6 is 31.9 Å². The van der Waals surface area contributed by atoms with Gasteiger partial charge in [0.25, 0.3) is 0 Å². The third kappa shape index (κ3) is 4.00. The summed E-state index contributed by atoms with van der Waals surface area (Å²) >= 11 is 7.08. The van der Waals surface area contributed by atoms with E-state index < -0.39 is 0 Å². The van der Waals surface area contributed by atoms with Crippen LogP contribution in [0.15, 0.2) is 51.4 Å². The Bertz CT molecular complexity index is 586. The highest BCUT2D eigenvalue weighted by Gasteiger charge is 2.10. The SMILES string of the molecule is CCOc1cccc(NC(C)c2ccc(Br)cc2Br)c1. The smallest absolute Gasteiger partial charge is 0.121 e. The van der Waals surface area contributed by atoms with Crippen molar-refractivity contribution in [1.29, 1.82) is 0 Å². The minimum atomic E-state index is 0.203. The van der Waals surface area contributed by atoms with Crippen molar-refractivity contribution in [2.45, 2.75) is 19.9 Å². The maximum Gasteiger partial charge on any atom is 0.121 e. The zero-order valence-corrected chi connectivity index (χ0v) is 14.7. The Morgan fingerprint density at radius 3 is 2.65 bits per heavy atom. The molecule has 0 radical (unpaired) electrons. The second-order valence-electron chi connectivity index (χ2n) is 4.49. The molecule has 1 atom stereocenters.